The van der Waals surface area contributed by atoms with Gasteiger partial charge in [0.05, 0.1) is 10.9 Å². The summed E-state index contributed by atoms with van der Waals surface area (Å²) < 4.78 is 46.0. The molecule has 0 heterocycles. The number of para-hydroxylation sites is 1. The molecule has 2 rings (SSSR count). The van der Waals surface area contributed by atoms with Gasteiger partial charge in [0.1, 0.15) is 18.2 Å². The van der Waals surface area contributed by atoms with Crippen LogP contribution in [-0.4, -0.2) is 21.1 Å². The first kappa shape index (κ1) is 17.4. The molecule has 0 aliphatic carbocycles. The lowest BCUT2D eigenvalue weighted by Crippen LogP contribution is -2.36. The number of benzene rings is 2. The van der Waals surface area contributed by atoms with Crippen molar-refractivity contribution in [1.82, 2.24) is 4.72 Å². The molecule has 124 valence electrons. The maximum atomic E-state index is 13.3. The van der Waals surface area contributed by atoms with Crippen molar-refractivity contribution in [2.24, 2.45) is 0 Å². The first-order valence-electron chi connectivity index (χ1n) is 7.26. The third-order valence-corrected chi connectivity index (χ3v) is 4.97. The highest BCUT2D eigenvalue weighted by atomic mass is 32.2. The minimum absolute atomic E-state index is 0.0409. The van der Waals surface area contributed by atoms with Crippen molar-refractivity contribution in [3.05, 3.63) is 59.4 Å². The molecule has 0 saturated heterocycles. The molecule has 4 nitrogen and oxygen atoms in total. The molecule has 0 saturated carbocycles. The van der Waals surface area contributed by atoms with E-state index in [-0.39, 0.29) is 17.1 Å². The third-order valence-electron chi connectivity index (χ3n) is 3.38. The normalized spacial score (nSPS) is 12.9. The molecule has 0 aliphatic heterocycles. The van der Waals surface area contributed by atoms with Crippen molar-refractivity contribution in [3.8, 4) is 5.75 Å². The molecule has 6 heteroatoms. The molecule has 0 aromatic heterocycles. The number of aryl methyl sites for hydroxylation is 2. The summed E-state index contributed by atoms with van der Waals surface area (Å²) in [5, 5.41) is 0. The quantitative estimate of drug-likeness (QED) is 0.881. The van der Waals surface area contributed by atoms with Crippen molar-refractivity contribution < 1.29 is 17.5 Å². The lowest BCUT2D eigenvalue weighted by atomic mass is 10.2. The van der Waals surface area contributed by atoms with Gasteiger partial charge >= 0.3 is 0 Å². The van der Waals surface area contributed by atoms with E-state index in [1.165, 1.54) is 19.1 Å². The van der Waals surface area contributed by atoms with Gasteiger partial charge in [0.25, 0.3) is 0 Å². The number of rotatable bonds is 6. The van der Waals surface area contributed by atoms with Crippen LogP contribution in [0.4, 0.5) is 4.39 Å². The van der Waals surface area contributed by atoms with Crippen molar-refractivity contribution >= 4 is 10.0 Å². The van der Waals surface area contributed by atoms with Crippen molar-refractivity contribution in [2.45, 2.75) is 31.7 Å². The predicted octanol–water partition coefficient (Wildman–Crippen LogP) is 3.19. The van der Waals surface area contributed by atoms with E-state index in [4.69, 9.17) is 4.74 Å². The molecule has 1 unspecified atom stereocenters. The molecule has 0 bridgehead atoms. The van der Waals surface area contributed by atoms with Crippen molar-refractivity contribution in [2.75, 3.05) is 6.61 Å². The van der Waals surface area contributed by atoms with Gasteiger partial charge in [0, 0.05) is 0 Å². The zero-order valence-corrected chi connectivity index (χ0v) is 14.2. The van der Waals surface area contributed by atoms with E-state index in [2.05, 4.69) is 4.72 Å². The second-order valence-electron chi connectivity index (χ2n) is 5.51. The zero-order valence-electron chi connectivity index (χ0n) is 13.3. The van der Waals surface area contributed by atoms with Crippen LogP contribution in [0.15, 0.2) is 47.4 Å². The maximum absolute atomic E-state index is 13.3. The smallest absolute Gasteiger partial charge is 0.240 e. The summed E-state index contributed by atoms with van der Waals surface area (Å²) in [5.41, 5.74) is 1.27. The van der Waals surface area contributed by atoms with Crippen LogP contribution in [-0.2, 0) is 10.0 Å². The topological polar surface area (TPSA) is 55.4 Å². The number of halogens is 1. The minimum atomic E-state index is -3.71. The molecule has 0 radical (unpaired) electrons. The molecule has 2 aromatic rings. The van der Waals surface area contributed by atoms with Crippen LogP contribution < -0.4 is 9.46 Å². The molecule has 1 N–H and O–H groups in total. The second kappa shape index (κ2) is 7.10. The monoisotopic (exact) mass is 337 g/mol. The van der Waals surface area contributed by atoms with Crippen LogP contribution in [0.5, 0.6) is 5.75 Å². The van der Waals surface area contributed by atoms with Crippen LogP contribution in [0.3, 0.4) is 0 Å². The van der Waals surface area contributed by atoms with Gasteiger partial charge in [-0.05, 0) is 56.2 Å². The Morgan fingerprint density at radius 3 is 2.48 bits per heavy atom. The summed E-state index contributed by atoms with van der Waals surface area (Å²) in [5.74, 6) is 0.288. The van der Waals surface area contributed by atoms with E-state index in [1.54, 1.807) is 6.92 Å². The fourth-order valence-electron chi connectivity index (χ4n) is 2.08. The molecule has 2 aromatic carbocycles. The zero-order chi connectivity index (χ0) is 17.0. The van der Waals surface area contributed by atoms with E-state index in [9.17, 15) is 12.8 Å². The SMILES string of the molecule is Cc1cc(S(=O)(=O)NC(C)COc2ccccc2C)ccc1F. The van der Waals surface area contributed by atoms with E-state index in [1.807, 2.05) is 31.2 Å². The summed E-state index contributed by atoms with van der Waals surface area (Å²) in [4.78, 5) is 0.0409. The largest absolute Gasteiger partial charge is 0.492 e. The Kier molecular flexibility index (Phi) is 5.38. The van der Waals surface area contributed by atoms with Crippen LogP contribution in [0, 0.1) is 19.7 Å². The van der Waals surface area contributed by atoms with E-state index in [0.717, 1.165) is 17.4 Å². The van der Waals surface area contributed by atoms with Crippen molar-refractivity contribution in [1.29, 1.82) is 0 Å². The molecular weight excluding hydrogens is 317 g/mol. The Balaban J connectivity index is 2.02. The van der Waals surface area contributed by atoms with E-state index in [0.29, 0.717) is 0 Å². The molecule has 0 fully saturated rings. The molecule has 0 spiro atoms. The third kappa shape index (κ3) is 4.53. The summed E-state index contributed by atoms with van der Waals surface area (Å²) >= 11 is 0. The fourth-order valence-corrected chi connectivity index (χ4v) is 3.40. The highest BCUT2D eigenvalue weighted by Crippen LogP contribution is 2.17. The van der Waals surface area contributed by atoms with Crippen LogP contribution in [0.2, 0.25) is 0 Å². The maximum Gasteiger partial charge on any atom is 0.240 e. The highest BCUT2D eigenvalue weighted by Gasteiger charge is 2.18. The first-order valence-corrected chi connectivity index (χ1v) is 8.75. The molecule has 0 aliphatic rings. The number of nitrogens with one attached hydrogen (secondary N) is 1. The number of hydrogen-bond donors (Lipinski definition) is 1. The second-order valence-corrected chi connectivity index (χ2v) is 7.22. The van der Waals surface area contributed by atoms with Gasteiger partial charge < -0.3 is 4.74 Å². The Bertz CT molecular complexity index is 790. The summed E-state index contributed by atoms with van der Waals surface area (Å²) in [6, 6.07) is 10.8. The Morgan fingerprint density at radius 1 is 1.13 bits per heavy atom. The lowest BCUT2D eigenvalue weighted by Gasteiger charge is -2.16. The first-order chi connectivity index (χ1) is 10.8. The average molecular weight is 337 g/mol. The van der Waals surface area contributed by atoms with Gasteiger partial charge in [0.15, 0.2) is 0 Å². The van der Waals surface area contributed by atoms with Crippen LogP contribution in [0.25, 0.3) is 0 Å². The van der Waals surface area contributed by atoms with Crippen molar-refractivity contribution in [3.63, 3.8) is 0 Å². The van der Waals surface area contributed by atoms with Gasteiger partial charge in [-0.1, -0.05) is 18.2 Å². The van der Waals surface area contributed by atoms with Gasteiger partial charge in [-0.15, -0.1) is 0 Å². The molecule has 0 amide bonds. The number of sulfonamides is 1. The van der Waals surface area contributed by atoms with Crippen LogP contribution >= 0.6 is 0 Å². The molecular formula is C17H20FNO3S. The molecule has 1 atom stereocenters. The minimum Gasteiger partial charge on any atom is -0.492 e. The van der Waals surface area contributed by atoms with E-state index >= 15 is 0 Å². The molecule has 23 heavy (non-hydrogen) atoms. The Hall–Kier alpha value is -1.92. The predicted molar refractivity (Wildman–Crippen MR) is 87.6 cm³/mol. The summed E-state index contributed by atoms with van der Waals surface area (Å²) in [6.07, 6.45) is 0. The average Bonchev–Trinajstić information content (AvgIpc) is 2.48. The summed E-state index contributed by atoms with van der Waals surface area (Å²) in [7, 11) is -3.71. The Labute approximate surface area is 136 Å². The highest BCUT2D eigenvalue weighted by molar-refractivity contribution is 7.89. The van der Waals surface area contributed by atoms with Gasteiger partial charge in [-0.25, -0.2) is 17.5 Å². The van der Waals surface area contributed by atoms with Gasteiger partial charge in [0.2, 0.25) is 10.0 Å². The van der Waals surface area contributed by atoms with Gasteiger partial charge in [-0.3, -0.25) is 0 Å². The standard InChI is InChI=1S/C17H20FNO3S/c1-12-6-4-5-7-17(12)22-11-14(3)19-23(20,21)15-8-9-16(18)13(2)10-15/h4-10,14,19H,11H2,1-3H3. The number of ether oxygens (including phenoxy) is 1. The fraction of sp³-hybridized carbons (Fsp3) is 0.294. The summed E-state index contributed by atoms with van der Waals surface area (Å²) in [6.45, 7) is 5.36. The number of hydrogen-bond acceptors (Lipinski definition) is 3. The van der Waals surface area contributed by atoms with Crippen LogP contribution in [0.1, 0.15) is 18.1 Å². The lowest BCUT2D eigenvalue weighted by molar-refractivity contribution is 0.285. The Morgan fingerprint density at radius 2 is 1.83 bits per heavy atom. The van der Waals surface area contributed by atoms with E-state index < -0.39 is 21.9 Å². The van der Waals surface area contributed by atoms with Gasteiger partial charge in [-0.2, -0.15) is 0 Å².